The topological polar surface area (TPSA) is 38.7 Å². The molecule has 0 aromatic carbocycles. The number of methoxy groups -OCH3 is 1. The van der Waals surface area contributed by atoms with E-state index in [-0.39, 0.29) is 0 Å². The molecule has 0 aliphatic carbocycles. The van der Waals surface area contributed by atoms with Crippen molar-refractivity contribution in [2.45, 2.75) is 31.6 Å². The minimum atomic E-state index is -1.33. The zero-order valence-corrected chi connectivity index (χ0v) is 5.95. The summed E-state index contributed by atoms with van der Waals surface area (Å²) in [7, 11) is 1.37. The molecule has 0 spiro atoms. The molecule has 1 rings (SSSR count). The third-order valence-corrected chi connectivity index (χ3v) is 1.63. The summed E-state index contributed by atoms with van der Waals surface area (Å²) in [5.41, 5.74) is 0. The predicted octanol–water partition coefficient (Wildman–Crippen LogP) is 0.0766. The lowest BCUT2D eigenvalue weighted by molar-refractivity contribution is -0.145. The van der Waals surface area contributed by atoms with E-state index in [0.29, 0.717) is 0 Å². The van der Waals surface area contributed by atoms with Crippen molar-refractivity contribution < 1.29 is 19.0 Å². The Hall–Kier alpha value is -0.190. The maximum atomic E-state index is 12.7. The molecule has 60 valence electrons. The van der Waals surface area contributed by atoms with Crippen LogP contribution >= 0.6 is 0 Å². The van der Waals surface area contributed by atoms with Gasteiger partial charge in [-0.25, -0.2) is 4.39 Å². The lowest BCUT2D eigenvalue weighted by Gasteiger charge is -2.10. The van der Waals surface area contributed by atoms with Crippen molar-refractivity contribution in [3.63, 3.8) is 0 Å². The molecular weight excluding hydrogens is 139 g/mol. The van der Waals surface area contributed by atoms with E-state index in [4.69, 9.17) is 9.84 Å². The second kappa shape index (κ2) is 2.82. The molecule has 1 aliphatic rings. The van der Waals surface area contributed by atoms with E-state index in [1.54, 1.807) is 6.92 Å². The fourth-order valence-corrected chi connectivity index (χ4v) is 0.990. The Morgan fingerprint density at radius 3 is 2.40 bits per heavy atom. The van der Waals surface area contributed by atoms with Crippen LogP contribution in [0, 0.1) is 0 Å². The summed E-state index contributed by atoms with van der Waals surface area (Å²) in [5, 5.41) is 9.00. The van der Waals surface area contributed by atoms with Crippen LogP contribution in [0.1, 0.15) is 6.92 Å². The molecule has 1 heterocycles. The number of aliphatic hydroxyl groups is 1. The number of aliphatic hydroxyl groups excluding tert-OH is 1. The van der Waals surface area contributed by atoms with E-state index in [9.17, 15) is 4.39 Å². The Morgan fingerprint density at radius 2 is 2.20 bits per heavy atom. The number of ether oxygens (including phenoxy) is 2. The molecule has 0 unspecified atom stereocenters. The zero-order valence-electron chi connectivity index (χ0n) is 5.95. The largest absolute Gasteiger partial charge is 0.385 e. The predicted molar refractivity (Wildman–Crippen MR) is 32.2 cm³/mol. The molecule has 0 radical (unpaired) electrons. The molecule has 0 saturated carbocycles. The highest BCUT2D eigenvalue weighted by molar-refractivity contribution is 4.83. The van der Waals surface area contributed by atoms with Gasteiger partial charge < -0.3 is 14.6 Å². The third-order valence-electron chi connectivity index (χ3n) is 1.63. The van der Waals surface area contributed by atoms with Gasteiger partial charge in [-0.15, -0.1) is 0 Å². The van der Waals surface area contributed by atoms with Gasteiger partial charge in [-0.3, -0.25) is 0 Å². The molecule has 4 atom stereocenters. The Kier molecular flexibility index (Phi) is 2.23. The average Bonchev–Trinajstić information content (AvgIpc) is 2.17. The van der Waals surface area contributed by atoms with E-state index in [0.717, 1.165) is 0 Å². The van der Waals surface area contributed by atoms with Gasteiger partial charge in [-0.2, -0.15) is 0 Å². The summed E-state index contributed by atoms with van der Waals surface area (Å²) in [4.78, 5) is 0. The normalized spacial score (nSPS) is 48.0. The van der Waals surface area contributed by atoms with Crippen molar-refractivity contribution in [2.75, 3.05) is 7.11 Å². The molecule has 1 saturated heterocycles. The molecular formula is C6H11FO3. The van der Waals surface area contributed by atoms with E-state index < -0.39 is 24.7 Å². The Morgan fingerprint density at radius 1 is 1.60 bits per heavy atom. The number of hydrogen-bond acceptors (Lipinski definition) is 3. The molecule has 1 N–H and O–H groups in total. The standard InChI is InChI=1S/C6H11FO3/c1-3-4(7)5(8)6(9-2)10-3/h3-6,8H,1-2H3/t3-,4+,5-,6-/m1/s1. The van der Waals surface area contributed by atoms with Gasteiger partial charge in [0.25, 0.3) is 0 Å². The van der Waals surface area contributed by atoms with Crippen LogP contribution in [0.2, 0.25) is 0 Å². The lowest BCUT2D eigenvalue weighted by atomic mass is 10.2. The van der Waals surface area contributed by atoms with E-state index in [1.165, 1.54) is 7.11 Å². The van der Waals surface area contributed by atoms with Gasteiger partial charge in [0, 0.05) is 7.11 Å². The summed E-state index contributed by atoms with van der Waals surface area (Å²) in [6, 6.07) is 0. The van der Waals surface area contributed by atoms with Crippen LogP contribution in [0.4, 0.5) is 4.39 Å². The highest BCUT2D eigenvalue weighted by Gasteiger charge is 2.41. The SMILES string of the molecule is CO[C@@H]1O[C@H](C)[C@H](F)[C@H]1O. The Bertz CT molecular complexity index is 120. The van der Waals surface area contributed by atoms with Crippen LogP contribution in [0.25, 0.3) is 0 Å². The molecule has 10 heavy (non-hydrogen) atoms. The van der Waals surface area contributed by atoms with Gasteiger partial charge in [0.1, 0.15) is 6.10 Å². The smallest absolute Gasteiger partial charge is 0.186 e. The average molecular weight is 150 g/mol. The number of alkyl halides is 1. The maximum absolute atomic E-state index is 12.7. The second-order valence-electron chi connectivity index (χ2n) is 2.38. The van der Waals surface area contributed by atoms with Crippen LogP contribution in [0.15, 0.2) is 0 Å². The number of hydrogen-bond donors (Lipinski definition) is 1. The third kappa shape index (κ3) is 1.14. The molecule has 1 aliphatic heterocycles. The second-order valence-corrected chi connectivity index (χ2v) is 2.38. The molecule has 0 bridgehead atoms. The van der Waals surface area contributed by atoms with Crippen molar-refractivity contribution in [1.82, 2.24) is 0 Å². The van der Waals surface area contributed by atoms with Gasteiger partial charge >= 0.3 is 0 Å². The quantitative estimate of drug-likeness (QED) is 0.575. The molecule has 1 fully saturated rings. The van der Waals surface area contributed by atoms with E-state index in [1.807, 2.05) is 0 Å². The first kappa shape index (κ1) is 7.91. The van der Waals surface area contributed by atoms with Crippen LogP contribution in [-0.4, -0.2) is 36.9 Å². The maximum Gasteiger partial charge on any atom is 0.186 e. The highest BCUT2D eigenvalue weighted by atomic mass is 19.1. The first-order valence-electron chi connectivity index (χ1n) is 3.17. The van der Waals surface area contributed by atoms with Gasteiger partial charge in [0.15, 0.2) is 12.5 Å². The van der Waals surface area contributed by atoms with Crippen LogP contribution in [-0.2, 0) is 9.47 Å². The van der Waals surface area contributed by atoms with Crippen LogP contribution in [0.3, 0.4) is 0 Å². The summed E-state index contributed by atoms with van der Waals surface area (Å²) in [6.45, 7) is 1.56. The number of halogens is 1. The first-order chi connectivity index (χ1) is 4.66. The highest BCUT2D eigenvalue weighted by Crippen LogP contribution is 2.23. The molecule has 0 aromatic heterocycles. The molecule has 3 nitrogen and oxygen atoms in total. The van der Waals surface area contributed by atoms with Gasteiger partial charge in [-0.1, -0.05) is 0 Å². The van der Waals surface area contributed by atoms with Crippen molar-refractivity contribution in [3.05, 3.63) is 0 Å². The molecule has 4 heteroatoms. The molecule has 0 amide bonds. The van der Waals surface area contributed by atoms with Crippen LogP contribution in [0.5, 0.6) is 0 Å². The fraction of sp³-hybridized carbons (Fsp3) is 1.00. The summed E-state index contributed by atoms with van der Waals surface area (Å²) in [5.74, 6) is 0. The summed E-state index contributed by atoms with van der Waals surface area (Å²) < 4.78 is 22.2. The Labute approximate surface area is 58.7 Å². The van der Waals surface area contributed by atoms with Gasteiger partial charge in [-0.05, 0) is 6.92 Å². The lowest BCUT2D eigenvalue weighted by Crippen LogP contribution is -2.29. The fourth-order valence-electron chi connectivity index (χ4n) is 0.990. The van der Waals surface area contributed by atoms with Crippen molar-refractivity contribution in [2.24, 2.45) is 0 Å². The van der Waals surface area contributed by atoms with Gasteiger partial charge in [0.2, 0.25) is 0 Å². The monoisotopic (exact) mass is 150 g/mol. The van der Waals surface area contributed by atoms with E-state index >= 15 is 0 Å². The van der Waals surface area contributed by atoms with E-state index in [2.05, 4.69) is 4.74 Å². The van der Waals surface area contributed by atoms with Gasteiger partial charge in [0.05, 0.1) is 6.10 Å². The van der Waals surface area contributed by atoms with Crippen molar-refractivity contribution in [3.8, 4) is 0 Å². The minimum Gasteiger partial charge on any atom is -0.385 e. The summed E-state index contributed by atoms with van der Waals surface area (Å²) >= 11 is 0. The Balaban J connectivity index is 2.53. The molecule has 0 aromatic rings. The van der Waals surface area contributed by atoms with Crippen molar-refractivity contribution in [1.29, 1.82) is 0 Å². The number of rotatable bonds is 1. The summed E-state index contributed by atoms with van der Waals surface area (Å²) in [6.07, 6.45) is -3.84. The first-order valence-corrected chi connectivity index (χ1v) is 3.17. The van der Waals surface area contributed by atoms with Crippen LogP contribution < -0.4 is 0 Å². The van der Waals surface area contributed by atoms with Crippen molar-refractivity contribution >= 4 is 0 Å². The zero-order chi connectivity index (χ0) is 7.72. The minimum absolute atomic E-state index is 0.569.